The molecule has 1 aliphatic carbocycles. The van der Waals surface area contributed by atoms with E-state index in [0.717, 1.165) is 41.7 Å². The molecule has 0 aromatic heterocycles. The fourth-order valence-electron chi connectivity index (χ4n) is 3.61. The second kappa shape index (κ2) is 6.08. The van der Waals surface area contributed by atoms with Crippen molar-refractivity contribution < 1.29 is 18.0 Å². The topological polar surface area (TPSA) is 17.1 Å². The number of ketones is 1. The lowest BCUT2D eigenvalue weighted by atomic mass is 9.65. The van der Waals surface area contributed by atoms with E-state index in [1.165, 1.54) is 12.1 Å². The maximum Gasteiger partial charge on any atom is 0.416 e. The Morgan fingerprint density at radius 1 is 0.917 bits per heavy atom. The van der Waals surface area contributed by atoms with Crippen molar-refractivity contribution in [3.63, 3.8) is 0 Å². The Hall–Kier alpha value is -2.10. The molecule has 2 aromatic rings. The molecule has 24 heavy (non-hydrogen) atoms. The fraction of sp³-hybridized carbons (Fsp3) is 0.350. The van der Waals surface area contributed by atoms with Crippen LogP contribution in [0.4, 0.5) is 13.2 Å². The first-order chi connectivity index (χ1) is 11.3. The zero-order chi connectivity index (χ0) is 17.4. The van der Waals surface area contributed by atoms with E-state index in [9.17, 15) is 18.0 Å². The lowest BCUT2D eigenvalue weighted by Crippen LogP contribution is -2.34. The van der Waals surface area contributed by atoms with Gasteiger partial charge in [-0.1, -0.05) is 42.0 Å². The maximum absolute atomic E-state index is 12.8. The van der Waals surface area contributed by atoms with Gasteiger partial charge in [-0.2, -0.15) is 13.2 Å². The van der Waals surface area contributed by atoms with Gasteiger partial charge in [-0.3, -0.25) is 4.79 Å². The summed E-state index contributed by atoms with van der Waals surface area (Å²) < 4.78 is 38.5. The third kappa shape index (κ3) is 3.10. The molecule has 1 aliphatic rings. The number of Topliss-reactive ketones (excluding diaryl/α,β-unsaturated/α-hetero) is 1. The van der Waals surface area contributed by atoms with Crippen molar-refractivity contribution in [3.05, 3.63) is 70.8 Å². The van der Waals surface area contributed by atoms with Crippen LogP contribution >= 0.6 is 0 Å². The van der Waals surface area contributed by atoms with E-state index in [1.54, 1.807) is 0 Å². The molecule has 1 saturated carbocycles. The van der Waals surface area contributed by atoms with Gasteiger partial charge in [0.05, 0.1) is 5.56 Å². The first kappa shape index (κ1) is 16.7. The number of halogens is 3. The van der Waals surface area contributed by atoms with E-state index in [2.05, 4.69) is 0 Å². The highest BCUT2D eigenvalue weighted by molar-refractivity contribution is 5.82. The Morgan fingerprint density at radius 3 is 1.96 bits per heavy atom. The normalized spacial score (nSPS) is 21.8. The molecule has 0 heterocycles. The van der Waals surface area contributed by atoms with Crippen molar-refractivity contribution in [1.82, 2.24) is 0 Å². The molecule has 1 nitrogen and oxygen atoms in total. The second-order valence-corrected chi connectivity index (χ2v) is 6.59. The highest BCUT2D eigenvalue weighted by Crippen LogP contribution is 2.44. The van der Waals surface area contributed by atoms with Crippen molar-refractivity contribution >= 4 is 5.78 Å². The van der Waals surface area contributed by atoms with Gasteiger partial charge in [-0.05, 0) is 43.0 Å². The lowest BCUT2D eigenvalue weighted by molar-refractivity contribution is -0.137. The highest BCUT2D eigenvalue weighted by atomic mass is 19.4. The van der Waals surface area contributed by atoms with Gasteiger partial charge in [0.1, 0.15) is 5.78 Å². The van der Waals surface area contributed by atoms with E-state index in [1.807, 2.05) is 31.2 Å². The summed E-state index contributed by atoms with van der Waals surface area (Å²) in [4.78, 5) is 12.1. The SMILES string of the molecule is Cc1ccc([C@]2(c3ccc(C(F)(F)F)cc3)CCCC(=O)C2)cc1. The predicted molar refractivity (Wildman–Crippen MR) is 86.9 cm³/mol. The summed E-state index contributed by atoms with van der Waals surface area (Å²) >= 11 is 0. The molecule has 0 amide bonds. The fourth-order valence-corrected chi connectivity index (χ4v) is 3.61. The van der Waals surface area contributed by atoms with E-state index in [4.69, 9.17) is 0 Å². The monoisotopic (exact) mass is 332 g/mol. The van der Waals surface area contributed by atoms with Gasteiger partial charge in [0.15, 0.2) is 0 Å². The summed E-state index contributed by atoms with van der Waals surface area (Å²) in [6.45, 7) is 1.99. The predicted octanol–water partition coefficient (Wildman–Crippen LogP) is 5.44. The summed E-state index contributed by atoms with van der Waals surface area (Å²) in [6, 6.07) is 13.2. The molecular weight excluding hydrogens is 313 g/mol. The number of carbonyl (C=O) groups excluding carboxylic acids is 1. The summed E-state index contributed by atoms with van der Waals surface area (Å²) in [7, 11) is 0. The number of aryl methyl sites for hydroxylation is 1. The molecular formula is C20H19F3O. The molecule has 1 fully saturated rings. The minimum atomic E-state index is -4.35. The Labute approximate surface area is 139 Å². The van der Waals surface area contributed by atoms with E-state index < -0.39 is 17.2 Å². The van der Waals surface area contributed by atoms with Gasteiger partial charge in [-0.25, -0.2) is 0 Å². The molecule has 0 spiro atoms. The van der Waals surface area contributed by atoms with Crippen LogP contribution in [0.2, 0.25) is 0 Å². The van der Waals surface area contributed by atoms with Gasteiger partial charge < -0.3 is 0 Å². The average Bonchev–Trinajstić information content (AvgIpc) is 2.54. The number of rotatable bonds is 2. The standard InChI is InChI=1S/C20H19F3O/c1-14-4-6-15(7-5-14)19(12-2-3-18(24)13-19)16-8-10-17(11-9-16)20(21,22)23/h4-11H,2-3,12-13H2,1H3/t19-/m0/s1. The third-order valence-electron chi connectivity index (χ3n) is 4.93. The molecule has 0 saturated heterocycles. The molecule has 0 unspecified atom stereocenters. The van der Waals surface area contributed by atoms with Gasteiger partial charge >= 0.3 is 6.18 Å². The van der Waals surface area contributed by atoms with Crippen LogP contribution in [0.1, 0.15) is 47.9 Å². The van der Waals surface area contributed by atoms with Crippen molar-refractivity contribution in [3.8, 4) is 0 Å². The minimum Gasteiger partial charge on any atom is -0.300 e. The van der Waals surface area contributed by atoms with Crippen LogP contribution in [0.3, 0.4) is 0 Å². The summed E-state index contributed by atoms with van der Waals surface area (Å²) in [5, 5.41) is 0. The van der Waals surface area contributed by atoms with Crippen LogP contribution in [0, 0.1) is 6.92 Å². The van der Waals surface area contributed by atoms with Crippen LogP contribution in [0.5, 0.6) is 0 Å². The molecule has 126 valence electrons. The molecule has 0 radical (unpaired) electrons. The summed E-state index contributed by atoms with van der Waals surface area (Å²) in [6.07, 6.45) is -1.92. The smallest absolute Gasteiger partial charge is 0.300 e. The molecule has 1 atom stereocenters. The number of alkyl halides is 3. The molecule has 0 bridgehead atoms. The van der Waals surface area contributed by atoms with Crippen molar-refractivity contribution in [2.75, 3.05) is 0 Å². The Morgan fingerprint density at radius 2 is 1.46 bits per heavy atom. The Bertz CT molecular complexity index is 729. The third-order valence-corrected chi connectivity index (χ3v) is 4.93. The van der Waals surface area contributed by atoms with Crippen LogP contribution < -0.4 is 0 Å². The van der Waals surface area contributed by atoms with Gasteiger partial charge in [-0.15, -0.1) is 0 Å². The average molecular weight is 332 g/mol. The quantitative estimate of drug-likeness (QED) is 0.715. The van der Waals surface area contributed by atoms with Gasteiger partial charge in [0.2, 0.25) is 0 Å². The first-order valence-electron chi connectivity index (χ1n) is 8.08. The number of carbonyl (C=O) groups is 1. The van der Waals surface area contributed by atoms with Gasteiger partial charge in [0, 0.05) is 18.3 Å². The van der Waals surface area contributed by atoms with Crippen LogP contribution in [-0.2, 0) is 16.4 Å². The molecule has 4 heteroatoms. The Kier molecular flexibility index (Phi) is 4.24. The lowest BCUT2D eigenvalue weighted by Gasteiger charge is -2.38. The van der Waals surface area contributed by atoms with Crippen LogP contribution in [0.25, 0.3) is 0 Å². The first-order valence-corrected chi connectivity index (χ1v) is 8.08. The van der Waals surface area contributed by atoms with E-state index >= 15 is 0 Å². The molecule has 2 aromatic carbocycles. The summed E-state index contributed by atoms with van der Waals surface area (Å²) in [5.74, 6) is 0.168. The van der Waals surface area contributed by atoms with Crippen molar-refractivity contribution in [2.24, 2.45) is 0 Å². The zero-order valence-corrected chi connectivity index (χ0v) is 13.5. The van der Waals surface area contributed by atoms with E-state index in [0.29, 0.717) is 12.8 Å². The molecule has 0 N–H and O–H groups in total. The van der Waals surface area contributed by atoms with Crippen molar-refractivity contribution in [2.45, 2.75) is 44.2 Å². The highest BCUT2D eigenvalue weighted by Gasteiger charge is 2.39. The maximum atomic E-state index is 12.8. The number of benzene rings is 2. The van der Waals surface area contributed by atoms with Gasteiger partial charge in [0.25, 0.3) is 0 Å². The van der Waals surface area contributed by atoms with Crippen LogP contribution in [-0.4, -0.2) is 5.78 Å². The second-order valence-electron chi connectivity index (χ2n) is 6.59. The molecule has 3 rings (SSSR count). The zero-order valence-electron chi connectivity index (χ0n) is 13.5. The Balaban J connectivity index is 2.08. The van der Waals surface area contributed by atoms with Crippen molar-refractivity contribution in [1.29, 1.82) is 0 Å². The minimum absolute atomic E-state index is 0.168. The number of hydrogen-bond acceptors (Lipinski definition) is 1. The largest absolute Gasteiger partial charge is 0.416 e. The van der Waals surface area contributed by atoms with Crippen LogP contribution in [0.15, 0.2) is 48.5 Å². The van der Waals surface area contributed by atoms with E-state index in [-0.39, 0.29) is 5.78 Å². The number of hydrogen-bond donors (Lipinski definition) is 0. The molecule has 0 aliphatic heterocycles. The summed E-state index contributed by atoms with van der Waals surface area (Å²) in [5.41, 5.74) is 1.72.